The van der Waals surface area contributed by atoms with Crippen molar-refractivity contribution in [2.45, 2.75) is 32.0 Å². The van der Waals surface area contributed by atoms with Gasteiger partial charge in [-0.3, -0.25) is 4.79 Å². The van der Waals surface area contributed by atoms with Gasteiger partial charge in [-0.1, -0.05) is 11.8 Å². The monoisotopic (exact) mass is 439 g/mol. The van der Waals surface area contributed by atoms with E-state index in [9.17, 15) is 4.79 Å². The van der Waals surface area contributed by atoms with Crippen LogP contribution in [0.1, 0.15) is 20.8 Å². The SMILES string of the molecule is CCN(c1ccc(NC(=O)CSc2nnc(-c3ccc(OC)cc3)n2C)cc1)C(C)C. The predicted octanol–water partition coefficient (Wildman–Crippen LogP) is 4.46. The number of aromatic nitrogens is 3. The average Bonchev–Trinajstić information content (AvgIpc) is 3.14. The lowest BCUT2D eigenvalue weighted by atomic mass is 10.2. The van der Waals surface area contributed by atoms with Gasteiger partial charge in [-0.15, -0.1) is 10.2 Å². The lowest BCUT2D eigenvalue weighted by Crippen LogP contribution is -2.30. The summed E-state index contributed by atoms with van der Waals surface area (Å²) in [5.41, 5.74) is 2.87. The molecule has 8 heteroatoms. The average molecular weight is 440 g/mol. The van der Waals surface area contributed by atoms with Crippen LogP contribution < -0.4 is 15.0 Å². The number of hydrogen-bond donors (Lipinski definition) is 1. The van der Waals surface area contributed by atoms with Gasteiger partial charge in [0.1, 0.15) is 5.75 Å². The molecule has 0 aliphatic heterocycles. The molecule has 1 heterocycles. The molecule has 0 saturated heterocycles. The Balaban J connectivity index is 1.58. The molecule has 0 aliphatic rings. The second kappa shape index (κ2) is 10.3. The molecule has 0 fully saturated rings. The Kier molecular flexibility index (Phi) is 7.57. The van der Waals surface area contributed by atoms with Crippen molar-refractivity contribution in [2.24, 2.45) is 7.05 Å². The first-order chi connectivity index (χ1) is 14.9. The molecule has 0 atom stereocenters. The molecule has 2 aromatic carbocycles. The molecule has 0 radical (unpaired) electrons. The highest BCUT2D eigenvalue weighted by atomic mass is 32.2. The van der Waals surface area contributed by atoms with Gasteiger partial charge >= 0.3 is 0 Å². The van der Waals surface area contributed by atoms with Crippen LogP contribution in [0.2, 0.25) is 0 Å². The lowest BCUT2D eigenvalue weighted by molar-refractivity contribution is -0.113. The van der Waals surface area contributed by atoms with Crippen molar-refractivity contribution in [3.8, 4) is 17.1 Å². The van der Waals surface area contributed by atoms with Crippen LogP contribution in [0.5, 0.6) is 5.75 Å². The zero-order chi connectivity index (χ0) is 22.4. The zero-order valence-corrected chi connectivity index (χ0v) is 19.4. The third-order valence-corrected chi connectivity index (χ3v) is 5.98. The van der Waals surface area contributed by atoms with Crippen LogP contribution in [0, 0.1) is 0 Å². The highest BCUT2D eigenvalue weighted by Crippen LogP contribution is 2.25. The third kappa shape index (κ3) is 5.58. The number of carbonyl (C=O) groups excluding carboxylic acids is 1. The highest BCUT2D eigenvalue weighted by molar-refractivity contribution is 7.99. The molecule has 1 N–H and O–H groups in total. The summed E-state index contributed by atoms with van der Waals surface area (Å²) in [6.07, 6.45) is 0. The molecule has 3 rings (SSSR count). The molecule has 7 nitrogen and oxygen atoms in total. The number of carbonyl (C=O) groups is 1. The van der Waals surface area contributed by atoms with Gasteiger partial charge in [0, 0.05) is 36.6 Å². The van der Waals surface area contributed by atoms with Crippen LogP contribution in [0.15, 0.2) is 53.7 Å². The fourth-order valence-corrected chi connectivity index (χ4v) is 4.05. The quantitative estimate of drug-likeness (QED) is 0.497. The van der Waals surface area contributed by atoms with Gasteiger partial charge in [0.25, 0.3) is 0 Å². The summed E-state index contributed by atoms with van der Waals surface area (Å²) in [5, 5.41) is 12.1. The van der Waals surface area contributed by atoms with E-state index in [1.807, 2.05) is 60.1 Å². The van der Waals surface area contributed by atoms with Gasteiger partial charge in [0.05, 0.1) is 12.9 Å². The topological polar surface area (TPSA) is 72.3 Å². The minimum Gasteiger partial charge on any atom is -0.497 e. The van der Waals surface area contributed by atoms with E-state index in [-0.39, 0.29) is 11.7 Å². The van der Waals surface area contributed by atoms with E-state index in [1.165, 1.54) is 11.8 Å². The Morgan fingerprint density at radius 1 is 1.13 bits per heavy atom. The molecule has 31 heavy (non-hydrogen) atoms. The molecule has 1 aromatic heterocycles. The molecule has 0 bridgehead atoms. The van der Waals surface area contributed by atoms with Gasteiger partial charge in [0.15, 0.2) is 11.0 Å². The van der Waals surface area contributed by atoms with Crippen LogP contribution in [-0.4, -0.2) is 46.1 Å². The van der Waals surface area contributed by atoms with Crippen molar-refractivity contribution in [3.63, 3.8) is 0 Å². The van der Waals surface area contributed by atoms with Crippen molar-refractivity contribution in [2.75, 3.05) is 29.6 Å². The first kappa shape index (κ1) is 22.7. The maximum absolute atomic E-state index is 12.4. The summed E-state index contributed by atoms with van der Waals surface area (Å²) in [6.45, 7) is 7.42. The van der Waals surface area contributed by atoms with Crippen molar-refractivity contribution in [1.29, 1.82) is 0 Å². The molecular formula is C23H29N5O2S. The van der Waals surface area contributed by atoms with E-state index >= 15 is 0 Å². The summed E-state index contributed by atoms with van der Waals surface area (Å²) in [6, 6.07) is 16.0. The number of benzene rings is 2. The van der Waals surface area contributed by atoms with Crippen molar-refractivity contribution < 1.29 is 9.53 Å². The zero-order valence-electron chi connectivity index (χ0n) is 18.6. The number of nitrogens with zero attached hydrogens (tertiary/aromatic N) is 4. The van der Waals surface area contributed by atoms with E-state index in [2.05, 4.69) is 41.2 Å². The van der Waals surface area contributed by atoms with Crippen LogP contribution in [0.4, 0.5) is 11.4 Å². The van der Waals surface area contributed by atoms with E-state index < -0.39 is 0 Å². The van der Waals surface area contributed by atoms with Crippen LogP contribution in [-0.2, 0) is 11.8 Å². The molecule has 0 saturated carbocycles. The molecule has 164 valence electrons. The largest absolute Gasteiger partial charge is 0.497 e. The van der Waals surface area contributed by atoms with E-state index in [0.717, 1.165) is 35.1 Å². The van der Waals surface area contributed by atoms with Crippen LogP contribution in [0.25, 0.3) is 11.4 Å². The Hall–Kier alpha value is -3.00. The summed E-state index contributed by atoms with van der Waals surface area (Å²) >= 11 is 1.36. The number of rotatable bonds is 9. The maximum Gasteiger partial charge on any atom is 0.234 e. The summed E-state index contributed by atoms with van der Waals surface area (Å²) in [7, 11) is 3.53. The van der Waals surface area contributed by atoms with Gasteiger partial charge in [-0.25, -0.2) is 0 Å². The first-order valence-electron chi connectivity index (χ1n) is 10.3. The Labute approximate surface area is 187 Å². The molecule has 3 aromatic rings. The number of nitrogens with one attached hydrogen (secondary N) is 1. The van der Waals surface area contributed by atoms with Gasteiger partial charge in [0.2, 0.25) is 5.91 Å². The molecule has 1 amide bonds. The van der Waals surface area contributed by atoms with Gasteiger partial charge in [-0.05, 0) is 69.3 Å². The maximum atomic E-state index is 12.4. The Morgan fingerprint density at radius 3 is 2.39 bits per heavy atom. The normalized spacial score (nSPS) is 10.9. The number of anilines is 2. The fourth-order valence-electron chi connectivity index (χ4n) is 3.34. The minimum atomic E-state index is -0.0806. The van der Waals surface area contributed by atoms with Gasteiger partial charge in [-0.2, -0.15) is 0 Å². The summed E-state index contributed by atoms with van der Waals surface area (Å²) in [5.74, 6) is 1.70. The van der Waals surface area contributed by atoms with Gasteiger partial charge < -0.3 is 19.5 Å². The smallest absolute Gasteiger partial charge is 0.234 e. The van der Waals surface area contributed by atoms with Crippen molar-refractivity contribution in [3.05, 3.63) is 48.5 Å². The third-order valence-electron chi connectivity index (χ3n) is 4.96. The van der Waals surface area contributed by atoms with E-state index in [0.29, 0.717) is 11.2 Å². The van der Waals surface area contributed by atoms with Crippen LogP contribution in [0.3, 0.4) is 0 Å². The van der Waals surface area contributed by atoms with E-state index in [1.54, 1.807) is 7.11 Å². The molecular weight excluding hydrogens is 410 g/mol. The highest BCUT2D eigenvalue weighted by Gasteiger charge is 2.14. The molecule has 0 spiro atoms. The molecule has 0 unspecified atom stereocenters. The summed E-state index contributed by atoms with van der Waals surface area (Å²) < 4.78 is 7.08. The minimum absolute atomic E-state index is 0.0806. The predicted molar refractivity (Wildman–Crippen MR) is 127 cm³/mol. The standard InChI is InChI=1S/C23H29N5O2S/c1-6-28(16(2)3)19-11-9-18(10-12-19)24-21(29)15-31-23-26-25-22(27(23)4)17-7-13-20(30-5)14-8-17/h7-14,16H,6,15H2,1-5H3,(H,24,29). The summed E-state index contributed by atoms with van der Waals surface area (Å²) in [4.78, 5) is 14.7. The lowest BCUT2D eigenvalue weighted by Gasteiger charge is -2.27. The number of amides is 1. The number of thioether (sulfide) groups is 1. The van der Waals surface area contributed by atoms with E-state index in [4.69, 9.17) is 4.74 Å². The fraction of sp³-hybridized carbons (Fsp3) is 0.348. The Morgan fingerprint density at radius 2 is 1.81 bits per heavy atom. The second-order valence-electron chi connectivity index (χ2n) is 7.36. The van der Waals surface area contributed by atoms with Crippen molar-refractivity contribution >= 4 is 29.0 Å². The number of hydrogen-bond acceptors (Lipinski definition) is 6. The first-order valence-corrected chi connectivity index (χ1v) is 11.2. The van der Waals surface area contributed by atoms with Crippen LogP contribution >= 0.6 is 11.8 Å². The van der Waals surface area contributed by atoms with Crippen molar-refractivity contribution in [1.82, 2.24) is 14.8 Å². The Bertz CT molecular complexity index is 1000. The molecule has 0 aliphatic carbocycles. The number of ether oxygens (including phenoxy) is 1. The number of methoxy groups -OCH3 is 1. The second-order valence-corrected chi connectivity index (χ2v) is 8.30.